The second-order valence-corrected chi connectivity index (χ2v) is 16.3. The summed E-state index contributed by atoms with van der Waals surface area (Å²) in [5.74, 6) is 0.218. The van der Waals surface area contributed by atoms with Crippen LogP contribution in [0.4, 0.5) is 47.7 Å². The average molecular weight is 846 g/mol. The molecule has 0 atom stereocenters. The number of rotatable bonds is 11. The van der Waals surface area contributed by atoms with E-state index in [0.29, 0.717) is 27.2 Å². The lowest BCUT2D eigenvalue weighted by atomic mass is 9.98. The van der Waals surface area contributed by atoms with Crippen LogP contribution in [0.15, 0.2) is 59.7 Å². The van der Waals surface area contributed by atoms with Gasteiger partial charge in [-0.05, 0) is 54.0 Å². The zero-order chi connectivity index (χ0) is 38.9. The molecule has 5 heterocycles. The van der Waals surface area contributed by atoms with Crippen molar-refractivity contribution in [1.29, 1.82) is 0 Å². The van der Waals surface area contributed by atoms with Crippen molar-refractivity contribution in [2.75, 3.05) is 79.4 Å². The first-order valence-electron chi connectivity index (χ1n) is 17.5. The largest absolute Gasteiger partial charge is 0.482 e. The molecule has 20 heteroatoms. The van der Waals surface area contributed by atoms with Gasteiger partial charge in [-0.1, -0.05) is 0 Å². The first-order chi connectivity index (χ1) is 26.2. The van der Waals surface area contributed by atoms with Gasteiger partial charge in [-0.25, -0.2) is 13.4 Å². The van der Waals surface area contributed by atoms with Crippen LogP contribution >= 0.6 is 15.9 Å². The number of hydrogen-bond donors (Lipinski definition) is 3. The molecule has 0 bridgehead atoms. The molecule has 2 fully saturated rings. The van der Waals surface area contributed by atoms with Gasteiger partial charge in [0, 0.05) is 100 Å². The highest BCUT2D eigenvalue weighted by molar-refractivity contribution is 9.10. The number of anilines is 6. The number of aryl methyl sites for hydroxylation is 1. The first-order valence-corrected chi connectivity index (χ1v) is 20.2. The summed E-state index contributed by atoms with van der Waals surface area (Å²) in [6.07, 6.45) is 6.23. The van der Waals surface area contributed by atoms with Gasteiger partial charge in [0.1, 0.15) is 17.1 Å². The van der Waals surface area contributed by atoms with Gasteiger partial charge in [-0.3, -0.25) is 24.3 Å². The van der Waals surface area contributed by atoms with E-state index in [1.807, 2.05) is 6.20 Å². The van der Waals surface area contributed by atoms with E-state index in [-0.39, 0.29) is 28.9 Å². The topological polar surface area (TPSA) is 159 Å². The third kappa shape index (κ3) is 9.37. The number of fused-ring (bicyclic) bond motifs is 1. The third-order valence-corrected chi connectivity index (χ3v) is 10.7. The van der Waals surface area contributed by atoms with Gasteiger partial charge >= 0.3 is 6.18 Å². The van der Waals surface area contributed by atoms with Crippen molar-refractivity contribution in [3.63, 3.8) is 0 Å². The zero-order valence-electron chi connectivity index (χ0n) is 30.3. The highest BCUT2D eigenvalue weighted by Gasteiger charge is 2.31. The molecule has 5 aromatic rings. The molecule has 2 saturated heterocycles. The number of aromatic nitrogens is 6. The van der Waals surface area contributed by atoms with Crippen molar-refractivity contribution in [2.45, 2.75) is 25.1 Å². The van der Waals surface area contributed by atoms with Gasteiger partial charge in [0.15, 0.2) is 6.61 Å². The molecule has 3 N–H and O–H groups in total. The molecule has 0 saturated carbocycles. The van der Waals surface area contributed by atoms with Crippen LogP contribution in [0.25, 0.3) is 22.2 Å². The molecular weight excluding hydrogens is 805 g/mol. The normalized spacial score (nSPS) is 16.4. The monoisotopic (exact) mass is 844 g/mol. The molecule has 0 spiro atoms. The fraction of sp³-hybridized carbons (Fsp3) is 0.400. The number of benzene rings is 2. The average Bonchev–Trinajstić information content (AvgIpc) is 3.58. The molecule has 292 valence electrons. The smallest absolute Gasteiger partial charge is 0.422 e. The fourth-order valence-corrected chi connectivity index (χ4v) is 7.72. The van der Waals surface area contributed by atoms with Gasteiger partial charge in [0.05, 0.1) is 39.5 Å². The number of piperidine rings is 1. The standard InChI is InChI=1S/C35H40BrF3N12O3S/c1-48-12-14-50(15-13-48)23-6-10-51(11-7-23)29-17-30(54-21-35(37,38)39)28(16-24(29)22-18-43-49(2)20-22)45-34-42-19-25(36)33(46-34)44-27-5-4-26-31(41-9-8-40-26)32(27)47-55(3,52)53/h4-5,8-9,16-20,23,47H,6-7,10-15,21H2,1-3H3,(H2,42,44,45,46). The highest BCUT2D eigenvalue weighted by atomic mass is 79.9. The Morgan fingerprint density at radius 2 is 1.69 bits per heavy atom. The number of nitrogens with zero attached hydrogens (tertiary/aromatic N) is 9. The second kappa shape index (κ2) is 15.8. The first kappa shape index (κ1) is 38.5. The number of nitrogens with one attached hydrogen (secondary N) is 3. The molecule has 0 amide bonds. The third-order valence-electron chi connectivity index (χ3n) is 9.54. The number of ether oxygens (including phenoxy) is 1. The molecule has 0 radical (unpaired) electrons. The van der Waals surface area contributed by atoms with Gasteiger partial charge in [-0.2, -0.15) is 23.3 Å². The Kier molecular flexibility index (Phi) is 11.0. The van der Waals surface area contributed by atoms with Gasteiger partial charge in [-0.15, -0.1) is 0 Å². The number of hydrogen-bond acceptors (Lipinski definition) is 13. The molecule has 2 aliphatic rings. The summed E-state index contributed by atoms with van der Waals surface area (Å²) in [7, 11) is 0.201. The van der Waals surface area contributed by atoms with Crippen LogP contribution in [0.1, 0.15) is 12.8 Å². The highest BCUT2D eigenvalue weighted by Crippen LogP contribution is 2.42. The second-order valence-electron chi connectivity index (χ2n) is 13.7. The van der Waals surface area contributed by atoms with Gasteiger partial charge in [0.2, 0.25) is 16.0 Å². The van der Waals surface area contributed by atoms with E-state index in [2.05, 4.69) is 78.1 Å². The Labute approximate surface area is 324 Å². The lowest BCUT2D eigenvalue weighted by Gasteiger charge is -2.43. The van der Waals surface area contributed by atoms with Crippen molar-refractivity contribution in [3.8, 4) is 16.9 Å². The summed E-state index contributed by atoms with van der Waals surface area (Å²) in [5.41, 5.74) is 3.69. The number of halogens is 4. The van der Waals surface area contributed by atoms with Crippen molar-refractivity contribution >= 4 is 71.5 Å². The van der Waals surface area contributed by atoms with E-state index in [1.165, 1.54) is 18.6 Å². The van der Waals surface area contributed by atoms with Crippen LogP contribution in [0.5, 0.6) is 5.75 Å². The molecule has 3 aromatic heterocycles. The van der Waals surface area contributed by atoms with Crippen LogP contribution in [0, 0.1) is 0 Å². The predicted octanol–water partition coefficient (Wildman–Crippen LogP) is 5.60. The van der Waals surface area contributed by atoms with Gasteiger partial charge in [0.25, 0.3) is 0 Å². The summed E-state index contributed by atoms with van der Waals surface area (Å²) in [5, 5.41) is 10.6. The quantitative estimate of drug-likeness (QED) is 0.151. The van der Waals surface area contributed by atoms with Crippen molar-refractivity contribution in [3.05, 3.63) is 59.7 Å². The van der Waals surface area contributed by atoms with E-state index < -0.39 is 22.8 Å². The minimum absolute atomic E-state index is 0.0265. The molecule has 15 nitrogen and oxygen atoms in total. The van der Waals surface area contributed by atoms with E-state index in [1.54, 1.807) is 42.2 Å². The SMILES string of the molecule is CN1CCN(C2CCN(c3cc(OCC(F)(F)F)c(Nc4ncc(Br)c(Nc5ccc6nccnc6c5NS(C)(=O)=O)n4)cc3-c3cnn(C)c3)CC2)CC1. The lowest BCUT2D eigenvalue weighted by Crippen LogP contribution is -2.52. The minimum Gasteiger partial charge on any atom is -0.482 e. The Hall–Kier alpha value is -4.79. The maximum Gasteiger partial charge on any atom is 0.422 e. The van der Waals surface area contributed by atoms with Crippen molar-refractivity contribution < 1.29 is 26.3 Å². The van der Waals surface area contributed by atoms with Crippen LogP contribution in [-0.4, -0.2) is 119 Å². The van der Waals surface area contributed by atoms with Crippen molar-refractivity contribution in [2.24, 2.45) is 7.05 Å². The number of alkyl halides is 3. The number of sulfonamides is 1. The van der Waals surface area contributed by atoms with E-state index >= 15 is 0 Å². The molecular formula is C35H40BrF3N12O3S. The van der Waals surface area contributed by atoms with Crippen LogP contribution < -0.4 is 25.0 Å². The molecule has 0 unspecified atom stereocenters. The fourth-order valence-electron chi connectivity index (χ4n) is 6.85. The maximum absolute atomic E-state index is 13.6. The van der Waals surface area contributed by atoms with Crippen LogP contribution in [0.3, 0.4) is 0 Å². The van der Waals surface area contributed by atoms with E-state index in [4.69, 9.17) is 4.74 Å². The number of likely N-dealkylation sites (N-methyl/N-ethyl adjacent to an activating group) is 1. The Bertz CT molecular complexity index is 2280. The van der Waals surface area contributed by atoms with Gasteiger partial charge < -0.3 is 25.2 Å². The summed E-state index contributed by atoms with van der Waals surface area (Å²) in [6.45, 7) is 4.02. The summed E-state index contributed by atoms with van der Waals surface area (Å²) in [6, 6.07) is 7.12. The van der Waals surface area contributed by atoms with Crippen LogP contribution in [-0.2, 0) is 17.1 Å². The molecule has 2 aromatic carbocycles. The Balaban J connectivity index is 1.22. The van der Waals surface area contributed by atoms with Crippen molar-refractivity contribution in [1.82, 2.24) is 39.5 Å². The molecule has 0 aliphatic carbocycles. The summed E-state index contributed by atoms with van der Waals surface area (Å²) in [4.78, 5) is 24.6. The Morgan fingerprint density at radius 1 is 0.945 bits per heavy atom. The molecule has 7 rings (SSSR count). The lowest BCUT2D eigenvalue weighted by molar-refractivity contribution is -0.153. The van der Waals surface area contributed by atoms with E-state index in [0.717, 1.165) is 75.2 Å². The molecule has 55 heavy (non-hydrogen) atoms. The Morgan fingerprint density at radius 3 is 2.38 bits per heavy atom. The van der Waals surface area contributed by atoms with E-state index in [9.17, 15) is 21.6 Å². The predicted molar refractivity (Wildman–Crippen MR) is 209 cm³/mol. The zero-order valence-corrected chi connectivity index (χ0v) is 32.7. The number of piperazine rings is 1. The minimum atomic E-state index is -4.59. The summed E-state index contributed by atoms with van der Waals surface area (Å²) >= 11 is 3.45. The molecule has 2 aliphatic heterocycles. The summed E-state index contributed by atoms with van der Waals surface area (Å²) < 4.78 is 75.6. The maximum atomic E-state index is 13.6. The van der Waals surface area contributed by atoms with Crippen LogP contribution in [0.2, 0.25) is 0 Å².